The third-order valence-corrected chi connectivity index (χ3v) is 11.6. The highest BCUT2D eigenvalue weighted by Crippen LogP contribution is 2.38. The van der Waals surface area contributed by atoms with Gasteiger partial charge in [-0.15, -0.1) is 0 Å². The van der Waals surface area contributed by atoms with Crippen LogP contribution in [0.15, 0.2) is 48.5 Å². The van der Waals surface area contributed by atoms with Gasteiger partial charge in [0.25, 0.3) is 0 Å². The molecule has 0 bridgehead atoms. The maximum atomic E-state index is 12.7. The molecular formula is C28H41NO5Si. The first-order valence-corrected chi connectivity index (χ1v) is 15.3. The van der Waals surface area contributed by atoms with Gasteiger partial charge in [-0.25, -0.2) is 4.79 Å². The van der Waals surface area contributed by atoms with Gasteiger partial charge in [-0.05, 0) is 73.6 Å². The number of benzene rings is 2. The van der Waals surface area contributed by atoms with E-state index in [0.717, 1.165) is 35.3 Å². The molecule has 192 valence electrons. The van der Waals surface area contributed by atoms with Crippen molar-refractivity contribution in [3.63, 3.8) is 0 Å². The van der Waals surface area contributed by atoms with Crippen molar-refractivity contribution in [3.8, 4) is 5.75 Å². The molecule has 1 amide bonds. The number of ether oxygens (including phenoxy) is 2. The van der Waals surface area contributed by atoms with Crippen molar-refractivity contribution < 1.29 is 23.8 Å². The van der Waals surface area contributed by atoms with Crippen molar-refractivity contribution in [3.05, 3.63) is 65.2 Å². The lowest BCUT2D eigenvalue weighted by Crippen LogP contribution is -2.48. The minimum Gasteiger partial charge on any atom is -0.488 e. The van der Waals surface area contributed by atoms with E-state index in [9.17, 15) is 9.90 Å². The number of hydrogen-bond donors (Lipinski definition) is 2. The fourth-order valence-corrected chi connectivity index (χ4v) is 4.77. The van der Waals surface area contributed by atoms with Crippen LogP contribution in [0.1, 0.15) is 63.8 Å². The monoisotopic (exact) mass is 499 g/mol. The fourth-order valence-electron chi connectivity index (χ4n) is 3.74. The molecule has 0 aromatic heterocycles. The van der Waals surface area contributed by atoms with Gasteiger partial charge < -0.3 is 24.3 Å². The van der Waals surface area contributed by atoms with Crippen LogP contribution >= 0.6 is 0 Å². The maximum Gasteiger partial charge on any atom is 0.407 e. The van der Waals surface area contributed by atoms with Crippen LogP contribution in [0.25, 0.3) is 0 Å². The molecule has 0 saturated carbocycles. The summed E-state index contributed by atoms with van der Waals surface area (Å²) in [6.45, 7) is 15.3. The van der Waals surface area contributed by atoms with E-state index in [4.69, 9.17) is 13.9 Å². The Balaban J connectivity index is 1.75. The highest BCUT2D eigenvalue weighted by atomic mass is 28.4. The minimum absolute atomic E-state index is 0.00623. The Hall–Kier alpha value is -2.35. The van der Waals surface area contributed by atoms with Gasteiger partial charge >= 0.3 is 6.09 Å². The average molecular weight is 500 g/mol. The van der Waals surface area contributed by atoms with Gasteiger partial charge in [0, 0.05) is 0 Å². The summed E-state index contributed by atoms with van der Waals surface area (Å²) in [5.41, 5.74) is 2.49. The first-order chi connectivity index (χ1) is 16.3. The van der Waals surface area contributed by atoms with Crippen LogP contribution in [-0.2, 0) is 22.2 Å². The van der Waals surface area contributed by atoms with Gasteiger partial charge in [0.05, 0.1) is 12.6 Å². The molecule has 0 fully saturated rings. The zero-order valence-electron chi connectivity index (χ0n) is 22.2. The largest absolute Gasteiger partial charge is 0.488 e. The Labute approximate surface area is 211 Å². The smallest absolute Gasteiger partial charge is 0.407 e. The average Bonchev–Trinajstić information content (AvgIpc) is 2.79. The van der Waals surface area contributed by atoms with E-state index in [1.165, 1.54) is 0 Å². The third-order valence-electron chi connectivity index (χ3n) is 7.14. The van der Waals surface area contributed by atoms with Crippen LogP contribution < -0.4 is 10.1 Å². The van der Waals surface area contributed by atoms with Crippen molar-refractivity contribution in [2.45, 2.75) is 89.9 Å². The molecule has 0 spiro atoms. The fraction of sp³-hybridized carbons (Fsp3) is 0.536. The number of rotatable bonds is 8. The van der Waals surface area contributed by atoms with E-state index in [1.807, 2.05) is 48.5 Å². The van der Waals surface area contributed by atoms with Gasteiger partial charge in [0.2, 0.25) is 0 Å². The number of amides is 1. The molecule has 35 heavy (non-hydrogen) atoms. The lowest BCUT2D eigenvalue weighted by Gasteiger charge is -2.38. The molecule has 2 atom stereocenters. The Morgan fingerprint density at radius 3 is 2.51 bits per heavy atom. The summed E-state index contributed by atoms with van der Waals surface area (Å²) >= 11 is 0. The SMILES string of the molecule is CC1(C)CCc2cc(C(O)[C@@H](CO[Si](C)(C)C(C)(C)C)NC(=O)OCc3ccccc3)ccc2O1. The molecule has 1 aliphatic rings. The van der Waals surface area contributed by atoms with Crippen LogP contribution in [0.3, 0.4) is 0 Å². The number of aryl methyl sites for hydroxylation is 1. The summed E-state index contributed by atoms with van der Waals surface area (Å²) in [6, 6.07) is 14.6. The molecular weight excluding hydrogens is 458 g/mol. The van der Waals surface area contributed by atoms with Crippen LogP contribution in [0, 0.1) is 0 Å². The van der Waals surface area contributed by atoms with Crippen LogP contribution in [0.4, 0.5) is 4.79 Å². The predicted molar refractivity (Wildman–Crippen MR) is 141 cm³/mol. The lowest BCUT2D eigenvalue weighted by atomic mass is 9.91. The zero-order valence-corrected chi connectivity index (χ0v) is 23.2. The second kappa shape index (κ2) is 10.7. The van der Waals surface area contributed by atoms with Gasteiger partial charge in [0.1, 0.15) is 24.1 Å². The molecule has 0 radical (unpaired) electrons. The van der Waals surface area contributed by atoms with E-state index in [0.29, 0.717) is 0 Å². The second-order valence-electron chi connectivity index (χ2n) is 11.6. The van der Waals surface area contributed by atoms with Crippen molar-refractivity contribution in [1.82, 2.24) is 5.32 Å². The lowest BCUT2D eigenvalue weighted by molar-refractivity contribution is 0.0764. The van der Waals surface area contributed by atoms with Gasteiger partial charge in [-0.3, -0.25) is 0 Å². The first kappa shape index (κ1) is 27.2. The Morgan fingerprint density at radius 2 is 1.86 bits per heavy atom. The van der Waals surface area contributed by atoms with E-state index in [2.05, 4.69) is 53.0 Å². The molecule has 2 aromatic carbocycles. The summed E-state index contributed by atoms with van der Waals surface area (Å²) in [7, 11) is -2.10. The molecule has 1 unspecified atom stereocenters. The maximum absolute atomic E-state index is 12.7. The number of fused-ring (bicyclic) bond motifs is 1. The van der Waals surface area contributed by atoms with E-state index in [-0.39, 0.29) is 23.9 Å². The van der Waals surface area contributed by atoms with Crippen molar-refractivity contribution in [2.75, 3.05) is 6.61 Å². The summed E-state index contributed by atoms with van der Waals surface area (Å²) in [6.07, 6.45) is 0.242. The van der Waals surface area contributed by atoms with Gasteiger partial charge in [-0.1, -0.05) is 57.2 Å². The summed E-state index contributed by atoms with van der Waals surface area (Å²) in [4.78, 5) is 12.7. The molecule has 0 saturated heterocycles. The van der Waals surface area contributed by atoms with Crippen molar-refractivity contribution >= 4 is 14.4 Å². The van der Waals surface area contributed by atoms with Crippen LogP contribution in [-0.4, -0.2) is 37.8 Å². The third kappa shape index (κ3) is 7.32. The number of hydrogen-bond acceptors (Lipinski definition) is 5. The molecule has 1 aliphatic heterocycles. The normalized spacial score (nSPS) is 17.0. The topological polar surface area (TPSA) is 77.0 Å². The van der Waals surface area contributed by atoms with Crippen LogP contribution in [0.5, 0.6) is 5.75 Å². The molecule has 2 N–H and O–H groups in total. The molecule has 6 nitrogen and oxygen atoms in total. The van der Waals surface area contributed by atoms with Crippen molar-refractivity contribution in [1.29, 1.82) is 0 Å². The van der Waals surface area contributed by atoms with E-state index < -0.39 is 26.6 Å². The number of carbonyl (C=O) groups excluding carboxylic acids is 1. The number of alkyl carbamates (subject to hydrolysis) is 1. The quantitative estimate of drug-likeness (QED) is 0.427. The molecule has 1 heterocycles. The summed E-state index contributed by atoms with van der Waals surface area (Å²) in [5, 5.41) is 14.2. The Morgan fingerprint density at radius 1 is 1.17 bits per heavy atom. The highest BCUT2D eigenvalue weighted by Gasteiger charge is 2.39. The molecule has 7 heteroatoms. The van der Waals surface area contributed by atoms with Gasteiger partial charge in [-0.2, -0.15) is 0 Å². The minimum atomic E-state index is -2.10. The number of aliphatic hydroxyl groups is 1. The number of aliphatic hydroxyl groups excluding tert-OH is 1. The molecule has 3 rings (SSSR count). The molecule has 2 aromatic rings. The van der Waals surface area contributed by atoms with Crippen LogP contribution in [0.2, 0.25) is 18.1 Å². The van der Waals surface area contributed by atoms with Gasteiger partial charge in [0.15, 0.2) is 8.32 Å². The predicted octanol–water partition coefficient (Wildman–Crippen LogP) is 6.14. The van der Waals surface area contributed by atoms with Crippen molar-refractivity contribution in [2.24, 2.45) is 0 Å². The Bertz CT molecular complexity index is 1000. The summed E-state index contributed by atoms with van der Waals surface area (Å²) < 4.78 is 17.9. The Kier molecular flexibility index (Phi) is 8.35. The molecule has 0 aliphatic carbocycles. The highest BCUT2D eigenvalue weighted by molar-refractivity contribution is 6.74. The second-order valence-corrected chi connectivity index (χ2v) is 16.4. The zero-order chi connectivity index (χ0) is 25.9. The summed E-state index contributed by atoms with van der Waals surface area (Å²) in [5.74, 6) is 0.849. The standard InChI is InChI=1S/C28H41NO5Si/c1-27(2,3)35(6,7)33-19-23(29-26(31)32-18-20-11-9-8-10-12-20)25(30)22-13-14-24-21(17-22)15-16-28(4,5)34-24/h8-14,17,23,25,30H,15-16,18-19H2,1-7H3,(H,29,31)/t23-,25?/m1/s1. The van der Waals surface area contributed by atoms with E-state index in [1.54, 1.807) is 0 Å². The number of nitrogens with one attached hydrogen (secondary N) is 1. The van der Waals surface area contributed by atoms with E-state index >= 15 is 0 Å². The first-order valence-electron chi connectivity index (χ1n) is 12.4. The number of carbonyl (C=O) groups is 1.